The number of fused-ring (bicyclic) bond motifs is 1. The van der Waals surface area contributed by atoms with Gasteiger partial charge in [0.05, 0.1) is 17.3 Å². The van der Waals surface area contributed by atoms with Gasteiger partial charge < -0.3 is 4.90 Å². The lowest BCUT2D eigenvalue weighted by Gasteiger charge is -2.24. The van der Waals surface area contributed by atoms with Crippen LogP contribution in [0.1, 0.15) is 47.8 Å². The van der Waals surface area contributed by atoms with Crippen LogP contribution in [-0.2, 0) is 18.4 Å². The first kappa shape index (κ1) is 23.0. The van der Waals surface area contributed by atoms with E-state index < -0.39 is 0 Å². The van der Waals surface area contributed by atoms with E-state index in [1.807, 2.05) is 0 Å². The predicted octanol–water partition coefficient (Wildman–Crippen LogP) is 6.54. The summed E-state index contributed by atoms with van der Waals surface area (Å²) in [6.07, 6.45) is 2.27. The van der Waals surface area contributed by atoms with Gasteiger partial charge in [-0.3, -0.25) is 9.89 Å². The monoisotopic (exact) mass is 463 g/mol. The van der Waals surface area contributed by atoms with Crippen molar-refractivity contribution < 1.29 is 9.18 Å². The number of aromatic amines is 1. The third-order valence-electron chi connectivity index (χ3n) is 5.81. The first-order valence-corrected chi connectivity index (χ1v) is 11.3. The quantitative estimate of drug-likeness (QED) is 0.353. The van der Waals surface area contributed by atoms with Gasteiger partial charge in [-0.1, -0.05) is 68.8 Å². The summed E-state index contributed by atoms with van der Waals surface area (Å²) in [5, 5.41) is 8.27. The second kappa shape index (κ2) is 9.36. The normalized spacial score (nSPS) is 11.7. The molecule has 4 aromatic rings. The molecule has 0 aliphatic carbocycles. The van der Waals surface area contributed by atoms with Gasteiger partial charge >= 0.3 is 0 Å². The summed E-state index contributed by atoms with van der Waals surface area (Å²) in [5.74, 6) is -0.403. The van der Waals surface area contributed by atoms with Gasteiger partial charge in [0.15, 0.2) is 0 Å². The number of hydrogen-bond acceptors (Lipinski definition) is 2. The van der Waals surface area contributed by atoms with E-state index in [1.165, 1.54) is 17.7 Å². The third kappa shape index (κ3) is 5.42. The molecule has 0 unspecified atom stereocenters. The fourth-order valence-corrected chi connectivity index (χ4v) is 4.08. The predicted molar refractivity (Wildman–Crippen MR) is 131 cm³/mol. The average Bonchev–Trinajstić information content (AvgIpc) is 3.25. The van der Waals surface area contributed by atoms with Gasteiger partial charge in [-0.2, -0.15) is 5.10 Å². The summed E-state index contributed by atoms with van der Waals surface area (Å²) >= 11 is 6.29. The fourth-order valence-electron chi connectivity index (χ4n) is 3.86. The number of amides is 1. The third-order valence-corrected chi connectivity index (χ3v) is 6.03. The maximum atomic E-state index is 13.7. The first-order valence-electron chi connectivity index (χ1n) is 11.0. The number of nitrogens with one attached hydrogen (secondary N) is 1. The van der Waals surface area contributed by atoms with Crippen LogP contribution in [0.2, 0.25) is 5.02 Å². The molecule has 0 fully saturated rings. The Morgan fingerprint density at radius 3 is 2.36 bits per heavy atom. The summed E-state index contributed by atoms with van der Waals surface area (Å²) in [6, 6.07) is 18.2. The van der Waals surface area contributed by atoms with E-state index in [-0.39, 0.29) is 17.1 Å². The van der Waals surface area contributed by atoms with Crippen molar-refractivity contribution in [3.05, 3.63) is 100.0 Å². The van der Waals surface area contributed by atoms with Crippen LogP contribution >= 0.6 is 11.6 Å². The Morgan fingerprint density at radius 1 is 1.03 bits per heavy atom. The lowest BCUT2D eigenvalue weighted by molar-refractivity contribution is 0.0747. The maximum Gasteiger partial charge on any atom is 0.256 e. The molecule has 1 amide bonds. The highest BCUT2D eigenvalue weighted by Crippen LogP contribution is 2.25. The lowest BCUT2D eigenvalue weighted by Crippen LogP contribution is -2.32. The molecule has 0 radical (unpaired) electrons. The van der Waals surface area contributed by atoms with Gasteiger partial charge in [-0.25, -0.2) is 4.39 Å². The van der Waals surface area contributed by atoms with Crippen LogP contribution in [0.15, 0.2) is 66.9 Å². The van der Waals surface area contributed by atoms with Crippen LogP contribution in [-0.4, -0.2) is 27.5 Å². The molecule has 1 heterocycles. The Balaban J connectivity index is 1.63. The number of benzene rings is 3. The lowest BCUT2D eigenvalue weighted by atomic mass is 9.87. The molecular weight excluding hydrogens is 437 g/mol. The highest BCUT2D eigenvalue weighted by Gasteiger charge is 2.21. The molecule has 0 aliphatic rings. The number of H-pyrrole nitrogens is 1. The van der Waals surface area contributed by atoms with Gasteiger partial charge in [0.1, 0.15) is 5.82 Å². The van der Waals surface area contributed by atoms with Crippen LogP contribution in [0.5, 0.6) is 0 Å². The molecule has 0 saturated heterocycles. The molecule has 1 aromatic heterocycles. The maximum absolute atomic E-state index is 13.7. The van der Waals surface area contributed by atoms with Gasteiger partial charge in [-0.15, -0.1) is 0 Å². The minimum atomic E-state index is -0.272. The smallest absolute Gasteiger partial charge is 0.256 e. The van der Waals surface area contributed by atoms with E-state index in [9.17, 15) is 9.18 Å². The molecular formula is C27H27ClFN3O. The molecule has 0 spiro atoms. The number of rotatable bonds is 6. The second-order valence-electron chi connectivity index (χ2n) is 9.34. The summed E-state index contributed by atoms with van der Waals surface area (Å²) in [5.41, 5.74) is 4.46. The zero-order chi connectivity index (χ0) is 23.6. The van der Waals surface area contributed by atoms with E-state index in [1.54, 1.807) is 35.4 Å². The van der Waals surface area contributed by atoms with E-state index in [2.05, 4.69) is 55.2 Å². The molecule has 1 N–H and O–H groups in total. The van der Waals surface area contributed by atoms with Crippen molar-refractivity contribution in [3.63, 3.8) is 0 Å². The van der Waals surface area contributed by atoms with Crippen molar-refractivity contribution in [2.45, 2.75) is 39.2 Å². The number of hydrogen-bond donors (Lipinski definition) is 1. The summed E-state index contributed by atoms with van der Waals surface area (Å²) < 4.78 is 13.3. The van der Waals surface area contributed by atoms with E-state index >= 15 is 0 Å². The highest BCUT2D eigenvalue weighted by atomic mass is 35.5. The number of carbonyl (C=O) groups is 1. The van der Waals surface area contributed by atoms with Crippen LogP contribution in [0.25, 0.3) is 10.9 Å². The average molecular weight is 464 g/mol. The SMILES string of the molecule is CC(C)(C)c1ccc(CN(CCc2ccc(F)cc2)C(=O)c2cc(Cl)cc3cn[nH]c23)cc1. The van der Waals surface area contributed by atoms with Crippen molar-refractivity contribution in [1.29, 1.82) is 0 Å². The molecule has 3 aromatic carbocycles. The molecule has 0 saturated carbocycles. The number of nitrogens with zero attached hydrogens (tertiary/aromatic N) is 2. The Kier molecular flexibility index (Phi) is 6.52. The van der Waals surface area contributed by atoms with Crippen LogP contribution in [0.3, 0.4) is 0 Å². The largest absolute Gasteiger partial charge is 0.334 e. The van der Waals surface area contributed by atoms with Crippen molar-refractivity contribution >= 4 is 28.4 Å². The van der Waals surface area contributed by atoms with Gasteiger partial charge in [0, 0.05) is 23.5 Å². The topological polar surface area (TPSA) is 49.0 Å². The number of carbonyl (C=O) groups excluding carboxylic acids is 1. The van der Waals surface area contributed by atoms with Gasteiger partial charge in [-0.05, 0) is 52.8 Å². The Hall–Kier alpha value is -3.18. The zero-order valence-electron chi connectivity index (χ0n) is 19.0. The van der Waals surface area contributed by atoms with Crippen molar-refractivity contribution in [2.75, 3.05) is 6.54 Å². The van der Waals surface area contributed by atoms with Crippen LogP contribution < -0.4 is 0 Å². The summed E-state index contributed by atoms with van der Waals surface area (Å²) in [7, 11) is 0. The minimum absolute atomic E-state index is 0.0592. The molecule has 4 rings (SSSR count). The number of aromatic nitrogens is 2. The van der Waals surface area contributed by atoms with Crippen molar-refractivity contribution in [1.82, 2.24) is 15.1 Å². The van der Waals surface area contributed by atoms with Crippen LogP contribution in [0, 0.1) is 5.82 Å². The van der Waals surface area contributed by atoms with E-state index in [0.29, 0.717) is 35.6 Å². The van der Waals surface area contributed by atoms with Crippen molar-refractivity contribution in [3.8, 4) is 0 Å². The Bertz CT molecular complexity index is 1260. The standard InChI is InChI=1S/C27H27ClFN3O/c1-27(2,3)21-8-4-19(5-9-21)17-32(13-12-18-6-10-23(29)11-7-18)26(33)24-15-22(28)14-20-16-30-31-25(20)24/h4-11,14-16H,12-13,17H2,1-3H3,(H,30,31). The molecule has 6 heteroatoms. The molecule has 0 aliphatic heterocycles. The Morgan fingerprint density at radius 2 is 1.70 bits per heavy atom. The van der Waals surface area contributed by atoms with Gasteiger partial charge in [0.25, 0.3) is 5.91 Å². The molecule has 33 heavy (non-hydrogen) atoms. The number of halogens is 2. The van der Waals surface area contributed by atoms with Crippen LogP contribution in [0.4, 0.5) is 4.39 Å². The zero-order valence-corrected chi connectivity index (χ0v) is 19.8. The Labute approximate surface area is 198 Å². The molecule has 0 atom stereocenters. The molecule has 0 bridgehead atoms. The molecule has 4 nitrogen and oxygen atoms in total. The summed E-state index contributed by atoms with van der Waals surface area (Å²) in [4.78, 5) is 15.5. The fraction of sp³-hybridized carbons (Fsp3) is 0.259. The van der Waals surface area contributed by atoms with E-state index in [4.69, 9.17) is 11.6 Å². The highest BCUT2D eigenvalue weighted by molar-refractivity contribution is 6.32. The van der Waals surface area contributed by atoms with E-state index in [0.717, 1.165) is 16.5 Å². The second-order valence-corrected chi connectivity index (χ2v) is 9.77. The van der Waals surface area contributed by atoms with Gasteiger partial charge in [0.2, 0.25) is 0 Å². The molecule has 170 valence electrons. The minimum Gasteiger partial charge on any atom is -0.334 e. The summed E-state index contributed by atoms with van der Waals surface area (Å²) in [6.45, 7) is 7.46. The van der Waals surface area contributed by atoms with Crippen molar-refractivity contribution in [2.24, 2.45) is 0 Å². The first-order chi connectivity index (χ1) is 15.7.